The van der Waals surface area contributed by atoms with Crippen LogP contribution in [0.15, 0.2) is 41.3 Å². The lowest BCUT2D eigenvalue weighted by atomic mass is 10.1. The fourth-order valence-electron chi connectivity index (χ4n) is 3.24. The van der Waals surface area contributed by atoms with Crippen molar-refractivity contribution in [1.82, 2.24) is 4.31 Å². The molecule has 1 saturated heterocycles. The van der Waals surface area contributed by atoms with Crippen molar-refractivity contribution in [1.29, 1.82) is 0 Å². The number of carbonyl (C=O) groups is 1. The number of halogens is 1. The molecule has 0 spiro atoms. The topological polar surface area (TPSA) is 75.7 Å². The second-order valence-corrected chi connectivity index (χ2v) is 10.5. The minimum Gasteiger partial charge on any atom is -0.379 e. The number of anilines is 1. The van der Waals surface area contributed by atoms with E-state index in [1.165, 1.54) is 16.1 Å². The molecule has 1 aliphatic heterocycles. The number of amides is 1. The minimum absolute atomic E-state index is 0.147. The average Bonchev–Trinajstić information content (AvgIpc) is 2.71. The highest BCUT2D eigenvalue weighted by Gasteiger charge is 2.26. The van der Waals surface area contributed by atoms with E-state index < -0.39 is 10.0 Å². The molecule has 0 radical (unpaired) electrons. The van der Waals surface area contributed by atoms with Crippen LogP contribution in [0.5, 0.6) is 0 Å². The Balaban J connectivity index is 1.58. The zero-order valence-corrected chi connectivity index (χ0v) is 19.4. The molecule has 6 nitrogen and oxygen atoms in total. The molecule has 3 rings (SSSR count). The molecule has 0 unspecified atom stereocenters. The Labute approximate surface area is 187 Å². The summed E-state index contributed by atoms with van der Waals surface area (Å²) in [7, 11) is -3.53. The van der Waals surface area contributed by atoms with E-state index in [1.54, 1.807) is 18.2 Å². The highest BCUT2D eigenvalue weighted by Crippen LogP contribution is 2.27. The van der Waals surface area contributed by atoms with Gasteiger partial charge >= 0.3 is 0 Å². The van der Waals surface area contributed by atoms with Gasteiger partial charge < -0.3 is 10.1 Å². The van der Waals surface area contributed by atoms with Gasteiger partial charge in [0.1, 0.15) is 0 Å². The van der Waals surface area contributed by atoms with Crippen LogP contribution in [-0.4, -0.2) is 50.7 Å². The van der Waals surface area contributed by atoms with Crippen LogP contribution in [0.4, 0.5) is 5.69 Å². The SMILES string of the molecule is Cc1cc(C)c(NC(=O)CSCc2cccc(S(=O)(=O)N3CCOCC3)c2)c(Cl)c1. The molecule has 162 valence electrons. The maximum absolute atomic E-state index is 12.8. The van der Waals surface area contributed by atoms with Crippen molar-refractivity contribution in [2.24, 2.45) is 0 Å². The first-order valence-electron chi connectivity index (χ1n) is 9.58. The van der Waals surface area contributed by atoms with E-state index in [2.05, 4.69) is 5.32 Å². The standard InChI is InChI=1S/C21H25ClN2O4S2/c1-15-10-16(2)21(19(22)11-15)23-20(25)14-29-13-17-4-3-5-18(12-17)30(26,27)24-6-8-28-9-7-24/h3-5,10-12H,6-9,13-14H2,1-2H3,(H,23,25). The molecule has 2 aromatic rings. The number of aryl methyl sites for hydroxylation is 2. The van der Waals surface area contributed by atoms with Gasteiger partial charge in [-0.1, -0.05) is 29.8 Å². The number of sulfonamides is 1. The fourth-order valence-corrected chi connectivity index (χ4v) is 5.86. The smallest absolute Gasteiger partial charge is 0.243 e. The summed E-state index contributed by atoms with van der Waals surface area (Å²) in [5.41, 5.74) is 3.44. The fraction of sp³-hybridized carbons (Fsp3) is 0.381. The lowest BCUT2D eigenvalue weighted by molar-refractivity contribution is -0.113. The Hall–Kier alpha value is -1.58. The molecule has 0 aliphatic carbocycles. The second kappa shape index (κ2) is 10.2. The zero-order chi connectivity index (χ0) is 21.7. The first-order valence-corrected chi connectivity index (χ1v) is 12.6. The molecular formula is C21H25ClN2O4S2. The molecule has 0 atom stereocenters. The minimum atomic E-state index is -3.53. The Morgan fingerprint density at radius 1 is 1.20 bits per heavy atom. The van der Waals surface area contributed by atoms with Crippen molar-refractivity contribution >= 4 is 45.0 Å². The maximum Gasteiger partial charge on any atom is 0.243 e. The van der Waals surface area contributed by atoms with E-state index in [4.69, 9.17) is 16.3 Å². The van der Waals surface area contributed by atoms with Gasteiger partial charge in [0.05, 0.1) is 34.6 Å². The third-order valence-electron chi connectivity index (χ3n) is 4.70. The van der Waals surface area contributed by atoms with E-state index in [-0.39, 0.29) is 16.6 Å². The molecule has 1 heterocycles. The summed E-state index contributed by atoms with van der Waals surface area (Å²) >= 11 is 7.66. The van der Waals surface area contributed by atoms with Gasteiger partial charge in [-0.05, 0) is 48.7 Å². The third kappa shape index (κ3) is 5.76. The molecule has 0 aromatic heterocycles. The number of hydrogen-bond donors (Lipinski definition) is 1. The van der Waals surface area contributed by atoms with Gasteiger partial charge in [-0.3, -0.25) is 4.79 Å². The van der Waals surface area contributed by atoms with Gasteiger partial charge in [-0.2, -0.15) is 4.31 Å². The second-order valence-electron chi connectivity index (χ2n) is 7.14. The number of nitrogens with one attached hydrogen (secondary N) is 1. The largest absolute Gasteiger partial charge is 0.379 e. The maximum atomic E-state index is 12.8. The van der Waals surface area contributed by atoms with Gasteiger partial charge in [-0.15, -0.1) is 11.8 Å². The third-order valence-corrected chi connectivity index (χ3v) is 7.90. The quantitative estimate of drug-likeness (QED) is 0.668. The summed E-state index contributed by atoms with van der Waals surface area (Å²) in [5.74, 6) is 0.621. The van der Waals surface area contributed by atoms with Crippen molar-refractivity contribution in [2.45, 2.75) is 24.5 Å². The molecule has 30 heavy (non-hydrogen) atoms. The van der Waals surface area contributed by atoms with Crippen LogP contribution in [0.1, 0.15) is 16.7 Å². The van der Waals surface area contributed by atoms with Crippen molar-refractivity contribution in [3.8, 4) is 0 Å². The predicted molar refractivity (Wildman–Crippen MR) is 122 cm³/mol. The van der Waals surface area contributed by atoms with E-state index in [1.807, 2.05) is 32.0 Å². The highest BCUT2D eigenvalue weighted by molar-refractivity contribution is 7.99. The summed E-state index contributed by atoms with van der Waals surface area (Å²) < 4.78 is 32.3. The molecular weight excluding hydrogens is 444 g/mol. The van der Waals surface area contributed by atoms with E-state index in [9.17, 15) is 13.2 Å². The van der Waals surface area contributed by atoms with Gasteiger partial charge in [0.25, 0.3) is 0 Å². The number of benzene rings is 2. The van der Waals surface area contributed by atoms with Crippen LogP contribution >= 0.6 is 23.4 Å². The summed E-state index contributed by atoms with van der Waals surface area (Å²) in [6, 6.07) is 10.7. The van der Waals surface area contributed by atoms with Crippen LogP contribution in [0, 0.1) is 13.8 Å². The average molecular weight is 469 g/mol. The van der Waals surface area contributed by atoms with Gasteiger partial charge in [0, 0.05) is 18.8 Å². The summed E-state index contributed by atoms with van der Waals surface area (Å²) in [6.07, 6.45) is 0. The Morgan fingerprint density at radius 2 is 1.93 bits per heavy atom. The van der Waals surface area contributed by atoms with Crippen molar-refractivity contribution < 1.29 is 17.9 Å². The molecule has 2 aromatic carbocycles. The summed E-state index contributed by atoms with van der Waals surface area (Å²) in [6.45, 7) is 5.41. The van der Waals surface area contributed by atoms with Crippen molar-refractivity contribution in [3.63, 3.8) is 0 Å². The monoisotopic (exact) mass is 468 g/mol. The van der Waals surface area contributed by atoms with Crippen LogP contribution in [-0.2, 0) is 25.3 Å². The van der Waals surface area contributed by atoms with Crippen molar-refractivity contribution in [2.75, 3.05) is 37.4 Å². The predicted octanol–water partition coefficient (Wildman–Crippen LogP) is 3.85. The number of ether oxygens (including phenoxy) is 1. The number of nitrogens with zero attached hydrogens (tertiary/aromatic N) is 1. The van der Waals surface area contributed by atoms with E-state index >= 15 is 0 Å². The normalized spacial score (nSPS) is 15.2. The van der Waals surface area contributed by atoms with Gasteiger partial charge in [-0.25, -0.2) is 8.42 Å². The molecule has 0 saturated carbocycles. The van der Waals surface area contributed by atoms with Crippen LogP contribution < -0.4 is 5.32 Å². The summed E-state index contributed by atoms with van der Waals surface area (Å²) in [4.78, 5) is 12.6. The van der Waals surface area contributed by atoms with Crippen molar-refractivity contribution in [3.05, 3.63) is 58.1 Å². The first-order chi connectivity index (χ1) is 14.3. The van der Waals surface area contributed by atoms with Gasteiger partial charge in [0.15, 0.2) is 0 Å². The molecule has 1 fully saturated rings. The number of thioether (sulfide) groups is 1. The molecule has 1 amide bonds. The van der Waals surface area contributed by atoms with Crippen LogP contribution in [0.2, 0.25) is 5.02 Å². The molecule has 1 N–H and O–H groups in total. The highest BCUT2D eigenvalue weighted by atomic mass is 35.5. The number of carbonyl (C=O) groups excluding carboxylic acids is 1. The molecule has 9 heteroatoms. The Kier molecular flexibility index (Phi) is 7.81. The zero-order valence-electron chi connectivity index (χ0n) is 17.0. The first kappa shape index (κ1) is 23.1. The molecule has 1 aliphatic rings. The van der Waals surface area contributed by atoms with Gasteiger partial charge in [0.2, 0.25) is 15.9 Å². The molecule has 0 bridgehead atoms. The lowest BCUT2D eigenvalue weighted by Crippen LogP contribution is -2.40. The number of hydrogen-bond acceptors (Lipinski definition) is 5. The number of morpholine rings is 1. The Bertz CT molecular complexity index is 998. The van der Waals surface area contributed by atoms with E-state index in [0.29, 0.717) is 42.8 Å². The van der Waals surface area contributed by atoms with E-state index in [0.717, 1.165) is 16.7 Å². The number of rotatable bonds is 7. The van der Waals surface area contributed by atoms with Crippen LogP contribution in [0.3, 0.4) is 0 Å². The summed E-state index contributed by atoms with van der Waals surface area (Å²) in [5, 5.41) is 3.38. The lowest BCUT2D eigenvalue weighted by Gasteiger charge is -2.26. The Morgan fingerprint density at radius 3 is 2.63 bits per heavy atom. The van der Waals surface area contributed by atoms with Crippen LogP contribution in [0.25, 0.3) is 0 Å².